The molecule has 1 aliphatic carbocycles. The molecule has 0 spiro atoms. The quantitative estimate of drug-likeness (QED) is 0.684. The molecule has 0 aliphatic heterocycles. The highest BCUT2D eigenvalue weighted by atomic mass is 19.3. The van der Waals surface area contributed by atoms with Crippen molar-refractivity contribution >= 4 is 5.69 Å². The van der Waals surface area contributed by atoms with Gasteiger partial charge in [-0.1, -0.05) is 0 Å². The van der Waals surface area contributed by atoms with Crippen LogP contribution in [0.1, 0.15) is 31.2 Å². The molecule has 2 N–H and O–H groups in total. The van der Waals surface area contributed by atoms with Crippen LogP contribution >= 0.6 is 0 Å². The molecule has 5 nitrogen and oxygen atoms in total. The van der Waals surface area contributed by atoms with Crippen LogP contribution in [-0.2, 0) is 5.54 Å². The minimum absolute atomic E-state index is 0.115. The molecule has 1 aliphatic rings. The molecule has 0 saturated heterocycles. The molecule has 0 unspecified atom stereocenters. The first kappa shape index (κ1) is 14.6. The van der Waals surface area contributed by atoms with Crippen LogP contribution in [0.5, 0.6) is 5.75 Å². The molecule has 110 valence electrons. The molecule has 0 bridgehead atoms. The molecule has 20 heavy (non-hydrogen) atoms. The molecule has 0 radical (unpaired) electrons. The Hall–Kier alpha value is -1.76. The number of rotatable bonds is 3. The van der Waals surface area contributed by atoms with Crippen molar-refractivity contribution in [1.82, 2.24) is 0 Å². The van der Waals surface area contributed by atoms with Crippen molar-refractivity contribution in [2.75, 3.05) is 7.11 Å². The van der Waals surface area contributed by atoms with Crippen molar-refractivity contribution in [3.05, 3.63) is 33.9 Å². The zero-order chi connectivity index (χ0) is 15.0. The Morgan fingerprint density at radius 1 is 1.30 bits per heavy atom. The van der Waals surface area contributed by atoms with E-state index >= 15 is 0 Å². The van der Waals surface area contributed by atoms with E-state index in [1.807, 2.05) is 0 Å². The minimum atomic E-state index is -2.68. The Kier molecular flexibility index (Phi) is 3.64. The standard InChI is InChI=1S/C13H16F2N2O3/c1-20-11-8-9(17(18)19)2-3-10(11)12(16)4-6-13(14,15)7-5-12/h2-3,8H,4-7,16H2,1H3. The van der Waals surface area contributed by atoms with Gasteiger partial charge in [0.15, 0.2) is 0 Å². The predicted octanol–water partition coefficient (Wildman–Crippen LogP) is 2.97. The second-order valence-corrected chi connectivity index (χ2v) is 5.15. The highest BCUT2D eigenvalue weighted by molar-refractivity contribution is 5.47. The van der Waals surface area contributed by atoms with E-state index < -0.39 is 16.4 Å². The molecular formula is C13H16F2N2O3. The number of alkyl halides is 2. The predicted molar refractivity (Wildman–Crippen MR) is 68.9 cm³/mol. The van der Waals surface area contributed by atoms with E-state index in [1.165, 1.54) is 25.3 Å². The van der Waals surface area contributed by atoms with Gasteiger partial charge >= 0.3 is 0 Å². The Morgan fingerprint density at radius 3 is 2.40 bits per heavy atom. The van der Waals surface area contributed by atoms with Crippen LogP contribution in [0.4, 0.5) is 14.5 Å². The molecule has 2 rings (SSSR count). The van der Waals surface area contributed by atoms with Crippen molar-refractivity contribution in [3.63, 3.8) is 0 Å². The topological polar surface area (TPSA) is 78.4 Å². The van der Waals surface area contributed by atoms with Gasteiger partial charge in [-0.15, -0.1) is 0 Å². The van der Waals surface area contributed by atoms with E-state index in [2.05, 4.69) is 0 Å². The van der Waals surface area contributed by atoms with Gasteiger partial charge in [-0.25, -0.2) is 8.78 Å². The summed E-state index contributed by atoms with van der Waals surface area (Å²) in [6.45, 7) is 0. The van der Waals surface area contributed by atoms with Crippen molar-refractivity contribution in [1.29, 1.82) is 0 Å². The first-order valence-electron chi connectivity index (χ1n) is 6.27. The normalized spacial score (nSPS) is 20.4. The fourth-order valence-electron chi connectivity index (χ4n) is 2.54. The van der Waals surface area contributed by atoms with Crippen LogP contribution in [0, 0.1) is 10.1 Å². The number of halogens is 2. The average Bonchev–Trinajstić information content (AvgIpc) is 2.41. The maximum absolute atomic E-state index is 13.2. The fraction of sp³-hybridized carbons (Fsp3) is 0.538. The number of nitro benzene ring substituents is 1. The van der Waals surface area contributed by atoms with Crippen molar-refractivity contribution in [3.8, 4) is 5.75 Å². The van der Waals surface area contributed by atoms with Crippen LogP contribution in [0.15, 0.2) is 18.2 Å². The third-order valence-electron chi connectivity index (χ3n) is 3.81. The molecule has 1 aromatic carbocycles. The number of nitro groups is 1. The number of ether oxygens (including phenoxy) is 1. The molecule has 0 atom stereocenters. The lowest BCUT2D eigenvalue weighted by atomic mass is 9.75. The van der Waals surface area contributed by atoms with Gasteiger partial charge in [-0.05, 0) is 18.9 Å². The molecular weight excluding hydrogens is 270 g/mol. The van der Waals surface area contributed by atoms with Crippen LogP contribution < -0.4 is 10.5 Å². The van der Waals surface area contributed by atoms with Crippen LogP contribution in [-0.4, -0.2) is 18.0 Å². The van der Waals surface area contributed by atoms with Gasteiger partial charge in [-0.2, -0.15) is 0 Å². The van der Waals surface area contributed by atoms with Crippen LogP contribution in [0.2, 0.25) is 0 Å². The number of nitrogens with zero attached hydrogens (tertiary/aromatic N) is 1. The Balaban J connectivity index is 2.35. The fourth-order valence-corrected chi connectivity index (χ4v) is 2.54. The number of hydrogen-bond donors (Lipinski definition) is 1. The number of benzene rings is 1. The third kappa shape index (κ3) is 2.72. The zero-order valence-corrected chi connectivity index (χ0v) is 11.1. The highest BCUT2D eigenvalue weighted by Gasteiger charge is 2.43. The average molecular weight is 286 g/mol. The van der Waals surface area contributed by atoms with Crippen LogP contribution in [0.3, 0.4) is 0 Å². The number of non-ortho nitro benzene ring substituents is 1. The second kappa shape index (κ2) is 4.97. The van der Waals surface area contributed by atoms with E-state index in [0.29, 0.717) is 5.56 Å². The number of methoxy groups -OCH3 is 1. The monoisotopic (exact) mass is 286 g/mol. The summed E-state index contributed by atoms with van der Waals surface area (Å²) in [5.74, 6) is -2.41. The molecule has 0 amide bonds. The van der Waals surface area contributed by atoms with Crippen molar-refractivity contribution < 1.29 is 18.4 Å². The molecule has 0 aromatic heterocycles. The molecule has 1 saturated carbocycles. The largest absolute Gasteiger partial charge is 0.496 e. The lowest BCUT2D eigenvalue weighted by Gasteiger charge is -2.38. The summed E-state index contributed by atoms with van der Waals surface area (Å²) < 4.78 is 31.6. The Morgan fingerprint density at radius 2 is 1.90 bits per heavy atom. The van der Waals surface area contributed by atoms with Gasteiger partial charge in [0.1, 0.15) is 5.75 Å². The van der Waals surface area contributed by atoms with Gasteiger partial charge < -0.3 is 10.5 Å². The summed E-state index contributed by atoms with van der Waals surface area (Å²) in [6, 6.07) is 4.09. The second-order valence-electron chi connectivity index (χ2n) is 5.15. The van der Waals surface area contributed by atoms with Gasteiger partial charge in [0.2, 0.25) is 5.92 Å². The zero-order valence-electron chi connectivity index (χ0n) is 11.1. The minimum Gasteiger partial charge on any atom is -0.496 e. The van der Waals surface area contributed by atoms with Gasteiger partial charge in [0.25, 0.3) is 5.69 Å². The van der Waals surface area contributed by atoms with E-state index in [0.717, 1.165) is 0 Å². The summed E-state index contributed by atoms with van der Waals surface area (Å²) in [5, 5.41) is 10.7. The van der Waals surface area contributed by atoms with Crippen molar-refractivity contribution in [2.24, 2.45) is 5.73 Å². The summed E-state index contributed by atoms with van der Waals surface area (Å²) in [6.07, 6.45) is -0.338. The van der Waals surface area contributed by atoms with Gasteiger partial charge in [-0.3, -0.25) is 10.1 Å². The van der Waals surface area contributed by atoms with Crippen LogP contribution in [0.25, 0.3) is 0 Å². The highest BCUT2D eigenvalue weighted by Crippen LogP contribution is 2.45. The summed E-state index contributed by atoms with van der Waals surface area (Å²) in [7, 11) is 1.38. The molecule has 7 heteroatoms. The maximum atomic E-state index is 13.2. The Bertz CT molecular complexity index is 524. The summed E-state index contributed by atoms with van der Waals surface area (Å²) >= 11 is 0. The van der Waals surface area contributed by atoms with E-state index in [1.54, 1.807) is 0 Å². The maximum Gasteiger partial charge on any atom is 0.273 e. The lowest BCUT2D eigenvalue weighted by molar-refractivity contribution is -0.385. The SMILES string of the molecule is COc1cc([N+](=O)[O-])ccc1C1(N)CCC(F)(F)CC1. The third-order valence-corrected chi connectivity index (χ3v) is 3.81. The lowest BCUT2D eigenvalue weighted by Crippen LogP contribution is -2.43. The van der Waals surface area contributed by atoms with E-state index in [4.69, 9.17) is 10.5 Å². The van der Waals surface area contributed by atoms with E-state index in [9.17, 15) is 18.9 Å². The van der Waals surface area contributed by atoms with Gasteiger partial charge in [0, 0.05) is 30.0 Å². The summed E-state index contributed by atoms with van der Waals surface area (Å²) in [5.41, 5.74) is 5.72. The van der Waals surface area contributed by atoms with Gasteiger partial charge in [0.05, 0.1) is 18.1 Å². The molecule has 1 aromatic rings. The number of nitrogens with two attached hydrogens (primary N) is 1. The number of hydrogen-bond acceptors (Lipinski definition) is 4. The Labute approximate surface area is 114 Å². The first-order chi connectivity index (χ1) is 9.27. The van der Waals surface area contributed by atoms with E-state index in [-0.39, 0.29) is 37.1 Å². The molecule has 1 fully saturated rings. The first-order valence-corrected chi connectivity index (χ1v) is 6.27. The smallest absolute Gasteiger partial charge is 0.273 e. The van der Waals surface area contributed by atoms with Crippen molar-refractivity contribution in [2.45, 2.75) is 37.1 Å². The molecule has 0 heterocycles. The summed E-state index contributed by atoms with van der Waals surface area (Å²) in [4.78, 5) is 10.2.